The van der Waals surface area contributed by atoms with E-state index >= 15 is 0 Å². The number of hydrogen-bond acceptors (Lipinski definition) is 4. The molecule has 1 amide bonds. The van der Waals surface area contributed by atoms with Crippen LogP contribution in [0, 0.1) is 0 Å². The molecule has 5 nitrogen and oxygen atoms in total. The van der Waals surface area contributed by atoms with Crippen molar-refractivity contribution in [1.29, 1.82) is 0 Å². The van der Waals surface area contributed by atoms with E-state index in [0.29, 0.717) is 19.5 Å². The van der Waals surface area contributed by atoms with Gasteiger partial charge in [-0.3, -0.25) is 4.79 Å². The number of aliphatic hydroxyl groups is 1. The number of amides is 1. The van der Waals surface area contributed by atoms with Gasteiger partial charge in [-0.05, 0) is 18.1 Å². The molecule has 1 N–H and O–H groups in total. The van der Waals surface area contributed by atoms with E-state index < -0.39 is 6.10 Å². The molecule has 0 unspecified atom stereocenters. The lowest BCUT2D eigenvalue weighted by atomic mass is 9.67. The summed E-state index contributed by atoms with van der Waals surface area (Å²) in [5.41, 5.74) is 3.12. The summed E-state index contributed by atoms with van der Waals surface area (Å²) in [5.74, 6) is 1.52. The van der Waals surface area contributed by atoms with Crippen molar-refractivity contribution in [3.63, 3.8) is 0 Å². The van der Waals surface area contributed by atoms with Gasteiger partial charge in [0, 0.05) is 25.1 Å². The molecule has 0 fully saturated rings. The van der Waals surface area contributed by atoms with Crippen LogP contribution in [0.3, 0.4) is 0 Å². The summed E-state index contributed by atoms with van der Waals surface area (Å²) in [6, 6.07) is 1.98. The summed E-state index contributed by atoms with van der Waals surface area (Å²) in [4.78, 5) is 13.2. The Morgan fingerprint density at radius 3 is 3.13 bits per heavy atom. The van der Waals surface area contributed by atoms with E-state index in [1.54, 1.807) is 7.11 Å². The number of methoxy groups -OCH3 is 1. The van der Waals surface area contributed by atoms with Crippen molar-refractivity contribution in [3.8, 4) is 11.5 Å². The minimum absolute atomic E-state index is 0.112. The first-order chi connectivity index (χ1) is 11.1. The maximum Gasteiger partial charge on any atom is 0.210 e. The van der Waals surface area contributed by atoms with Gasteiger partial charge in [-0.2, -0.15) is 0 Å². The number of carbonyl (C=O) groups excluding carboxylic acids is 1. The number of benzene rings is 1. The van der Waals surface area contributed by atoms with Gasteiger partial charge < -0.3 is 19.5 Å². The van der Waals surface area contributed by atoms with Crippen LogP contribution in [0.5, 0.6) is 11.5 Å². The van der Waals surface area contributed by atoms with Gasteiger partial charge in [0.15, 0.2) is 11.5 Å². The van der Waals surface area contributed by atoms with Crippen molar-refractivity contribution in [2.75, 3.05) is 13.7 Å². The molecular weight excluding hydrogens is 293 g/mol. The number of rotatable bonds is 2. The van der Waals surface area contributed by atoms with Crippen molar-refractivity contribution in [2.24, 2.45) is 0 Å². The molecule has 23 heavy (non-hydrogen) atoms. The van der Waals surface area contributed by atoms with Crippen LogP contribution in [0.15, 0.2) is 18.2 Å². The molecule has 6 heteroatoms. The van der Waals surface area contributed by atoms with E-state index in [9.17, 15) is 9.90 Å². The average Bonchev–Trinajstić information content (AvgIpc) is 2.77. The van der Waals surface area contributed by atoms with Crippen LogP contribution in [-0.4, -0.2) is 50.1 Å². The molecule has 2 heterocycles. The summed E-state index contributed by atoms with van der Waals surface area (Å²) >= 11 is 0. The molecule has 1 aromatic rings. The SMILES string of the molecule is Bc1cc(OC)c2c3c1CN(C=O)CC[C@@]31C=C[C@H](O)C[C@H]1O2. The monoisotopic (exact) mass is 313 g/mol. The highest BCUT2D eigenvalue weighted by Crippen LogP contribution is 2.55. The first-order valence-electron chi connectivity index (χ1n) is 8.03. The number of carbonyl (C=O) groups is 1. The van der Waals surface area contributed by atoms with Crippen LogP contribution in [0.1, 0.15) is 24.0 Å². The highest BCUT2D eigenvalue weighted by Gasteiger charge is 2.53. The van der Waals surface area contributed by atoms with Gasteiger partial charge in [-0.25, -0.2) is 0 Å². The molecule has 1 aliphatic carbocycles. The Balaban J connectivity index is 1.98. The van der Waals surface area contributed by atoms with E-state index in [0.717, 1.165) is 40.9 Å². The summed E-state index contributed by atoms with van der Waals surface area (Å²) in [5, 5.41) is 10.0. The quantitative estimate of drug-likeness (QED) is 0.460. The zero-order valence-electron chi connectivity index (χ0n) is 13.4. The zero-order valence-corrected chi connectivity index (χ0v) is 13.4. The van der Waals surface area contributed by atoms with Crippen LogP contribution in [-0.2, 0) is 16.8 Å². The predicted molar refractivity (Wildman–Crippen MR) is 88.1 cm³/mol. The lowest BCUT2D eigenvalue weighted by molar-refractivity contribution is -0.118. The number of aliphatic hydroxyl groups excluding tert-OH is 1. The van der Waals surface area contributed by atoms with E-state index in [2.05, 4.69) is 13.9 Å². The minimum atomic E-state index is -0.485. The second kappa shape index (κ2) is 5.03. The Morgan fingerprint density at radius 2 is 2.39 bits per heavy atom. The Morgan fingerprint density at radius 1 is 1.57 bits per heavy atom. The highest BCUT2D eigenvalue weighted by molar-refractivity contribution is 6.33. The van der Waals surface area contributed by atoms with Gasteiger partial charge in [0.2, 0.25) is 6.41 Å². The highest BCUT2D eigenvalue weighted by atomic mass is 16.5. The molecule has 0 bridgehead atoms. The largest absolute Gasteiger partial charge is 0.493 e. The Bertz CT molecular complexity index is 704. The summed E-state index contributed by atoms with van der Waals surface area (Å²) in [6.07, 6.45) is 5.64. The molecule has 1 aromatic carbocycles. The Labute approximate surface area is 136 Å². The molecule has 0 saturated heterocycles. The zero-order chi connectivity index (χ0) is 16.2. The van der Waals surface area contributed by atoms with Crippen molar-refractivity contribution in [3.05, 3.63) is 29.3 Å². The van der Waals surface area contributed by atoms with Crippen molar-refractivity contribution in [2.45, 2.75) is 37.0 Å². The van der Waals surface area contributed by atoms with E-state index in [4.69, 9.17) is 9.47 Å². The van der Waals surface area contributed by atoms with E-state index in [1.807, 2.05) is 17.0 Å². The topological polar surface area (TPSA) is 59.0 Å². The molecule has 4 rings (SSSR count). The third-order valence-corrected chi connectivity index (χ3v) is 5.49. The van der Waals surface area contributed by atoms with Crippen LogP contribution in [0.25, 0.3) is 0 Å². The summed E-state index contributed by atoms with van der Waals surface area (Å²) in [7, 11) is 3.70. The molecular formula is C17H20BNO4. The molecule has 2 aliphatic heterocycles. The molecule has 120 valence electrons. The lowest BCUT2D eigenvalue weighted by Gasteiger charge is -2.35. The molecule has 0 radical (unpaired) electrons. The number of ether oxygens (including phenoxy) is 2. The maximum atomic E-state index is 11.4. The summed E-state index contributed by atoms with van der Waals surface area (Å²) in [6.45, 7) is 1.27. The van der Waals surface area contributed by atoms with Crippen molar-refractivity contribution >= 4 is 19.7 Å². The molecule has 3 aliphatic rings. The molecule has 0 aromatic heterocycles. The van der Waals surface area contributed by atoms with Crippen molar-refractivity contribution < 1.29 is 19.4 Å². The van der Waals surface area contributed by atoms with Gasteiger partial charge in [-0.1, -0.05) is 17.6 Å². The third-order valence-electron chi connectivity index (χ3n) is 5.49. The van der Waals surface area contributed by atoms with Crippen LogP contribution in [0.4, 0.5) is 0 Å². The predicted octanol–water partition coefficient (Wildman–Crippen LogP) is -0.365. The standard InChI is InChI=1S/C17H20BNO4/c1-22-13-7-12(18)11-8-19(9-20)5-4-17-3-2-10(21)6-14(17)23-16(13)15(11)17/h2-3,7,9-10,14,21H,4-6,8,18H2,1H3/t10-,14+,17+/m0/s1. The van der Waals surface area contributed by atoms with Gasteiger partial charge in [0.1, 0.15) is 14.0 Å². The molecule has 0 saturated carbocycles. The van der Waals surface area contributed by atoms with Crippen LogP contribution < -0.4 is 14.9 Å². The fraction of sp³-hybridized carbons (Fsp3) is 0.471. The Hall–Kier alpha value is -1.95. The smallest absolute Gasteiger partial charge is 0.210 e. The van der Waals surface area contributed by atoms with Gasteiger partial charge >= 0.3 is 0 Å². The first kappa shape index (κ1) is 14.6. The third kappa shape index (κ3) is 1.94. The average molecular weight is 313 g/mol. The van der Waals surface area contributed by atoms with Crippen LogP contribution in [0.2, 0.25) is 0 Å². The van der Waals surface area contributed by atoms with Gasteiger partial charge in [0.05, 0.1) is 18.6 Å². The van der Waals surface area contributed by atoms with Crippen molar-refractivity contribution in [1.82, 2.24) is 4.90 Å². The minimum Gasteiger partial charge on any atom is -0.493 e. The van der Waals surface area contributed by atoms with Crippen LogP contribution >= 0.6 is 0 Å². The fourth-order valence-electron chi connectivity index (χ4n) is 4.28. The number of hydrogen-bond donors (Lipinski definition) is 1. The Kier molecular flexibility index (Phi) is 3.20. The molecule has 3 atom stereocenters. The second-order valence-electron chi connectivity index (χ2n) is 6.71. The lowest BCUT2D eigenvalue weighted by Crippen LogP contribution is -2.43. The first-order valence-corrected chi connectivity index (χ1v) is 8.03. The maximum absolute atomic E-state index is 11.4. The summed E-state index contributed by atoms with van der Waals surface area (Å²) < 4.78 is 11.8. The second-order valence-corrected chi connectivity index (χ2v) is 6.71. The van der Waals surface area contributed by atoms with Gasteiger partial charge in [-0.15, -0.1) is 0 Å². The molecule has 1 spiro atoms. The number of nitrogens with zero attached hydrogens (tertiary/aromatic N) is 1. The van der Waals surface area contributed by atoms with Gasteiger partial charge in [0.25, 0.3) is 0 Å². The normalized spacial score (nSPS) is 31.0. The fourth-order valence-corrected chi connectivity index (χ4v) is 4.28. The van der Waals surface area contributed by atoms with E-state index in [1.165, 1.54) is 0 Å². The van der Waals surface area contributed by atoms with E-state index in [-0.39, 0.29) is 11.5 Å².